The molecule has 0 saturated heterocycles. The van der Waals surface area contributed by atoms with Gasteiger partial charge in [0.2, 0.25) is 6.17 Å². The number of nitro groups is 1. The Morgan fingerprint density at radius 1 is 1.82 bits per heavy atom. The Morgan fingerprint density at radius 3 is 3.00 bits per heavy atom. The van der Waals surface area contributed by atoms with Crippen molar-refractivity contribution in [2.75, 3.05) is 0 Å². The van der Waals surface area contributed by atoms with Crippen LogP contribution in [0.1, 0.15) is 0 Å². The molecule has 0 aromatic rings. The zero-order valence-electron chi connectivity index (χ0n) is 5.28. The second-order valence-corrected chi connectivity index (χ2v) is 1.62. The molecule has 0 amide bonds. The first-order valence-corrected chi connectivity index (χ1v) is 2.59. The van der Waals surface area contributed by atoms with Crippen molar-refractivity contribution in [1.82, 2.24) is 10.7 Å². The van der Waals surface area contributed by atoms with Crippen LogP contribution < -0.4 is 11.3 Å². The van der Waals surface area contributed by atoms with Crippen LogP contribution in [0.5, 0.6) is 0 Å². The van der Waals surface area contributed by atoms with Crippen LogP contribution in [0.15, 0.2) is 15.4 Å². The Balaban J connectivity index is 2.45. The largest absolute Gasteiger partial charge is 0.235 e. The average Bonchev–Trinajstić information content (AvgIpc) is 1.93. The molecule has 9 nitrogen and oxygen atoms in total. The van der Waals surface area contributed by atoms with Crippen LogP contribution in [0, 0.1) is 10.1 Å². The highest BCUT2D eigenvalue weighted by molar-refractivity contribution is 5.63. The van der Waals surface area contributed by atoms with Gasteiger partial charge in [-0.1, -0.05) is 5.23 Å². The summed E-state index contributed by atoms with van der Waals surface area (Å²) in [5.74, 6) is 5.01. The van der Waals surface area contributed by atoms with Gasteiger partial charge >= 0.3 is 0 Å². The molecule has 1 rings (SSSR count). The Hall–Kier alpha value is -1.77. The number of hydrogen-bond donors (Lipinski definition) is 2. The van der Waals surface area contributed by atoms with Gasteiger partial charge in [-0.25, -0.2) is 16.0 Å². The van der Waals surface area contributed by atoms with Gasteiger partial charge in [0.1, 0.15) is 0 Å². The third-order valence-electron chi connectivity index (χ3n) is 0.832. The quantitative estimate of drug-likeness (QED) is 0.292. The van der Waals surface area contributed by atoms with Crippen molar-refractivity contribution in [2.45, 2.75) is 6.17 Å². The van der Waals surface area contributed by atoms with Crippen LogP contribution in [-0.2, 0) is 0 Å². The molecule has 0 radical (unpaired) electrons. The number of nitrogens with two attached hydrogens (primary N) is 1. The van der Waals surface area contributed by atoms with E-state index >= 15 is 0 Å². The standard InChI is InChI=1S/C2H5N7O2/c3-8-4-1-2(5-7-8)6-9(10)11/h1-2,6H,3H2. The minimum atomic E-state index is -0.843. The number of hydrazine groups is 2. The molecule has 0 fully saturated rings. The van der Waals surface area contributed by atoms with E-state index in [2.05, 4.69) is 15.4 Å². The lowest BCUT2D eigenvalue weighted by Gasteiger charge is -2.09. The van der Waals surface area contributed by atoms with Crippen LogP contribution in [0.25, 0.3) is 0 Å². The molecular formula is C2H5N7O2. The Labute approximate surface area is 60.6 Å². The molecule has 11 heavy (non-hydrogen) atoms. The summed E-state index contributed by atoms with van der Waals surface area (Å²) in [4.78, 5) is 9.84. The summed E-state index contributed by atoms with van der Waals surface area (Å²) in [5, 5.41) is 19.8. The van der Waals surface area contributed by atoms with Gasteiger partial charge in [-0.3, -0.25) is 0 Å². The first-order valence-electron chi connectivity index (χ1n) is 2.59. The van der Waals surface area contributed by atoms with E-state index in [1.165, 1.54) is 0 Å². The van der Waals surface area contributed by atoms with Crippen molar-refractivity contribution in [1.29, 1.82) is 0 Å². The summed E-state index contributed by atoms with van der Waals surface area (Å²) >= 11 is 0. The maximum atomic E-state index is 9.84. The van der Waals surface area contributed by atoms with Crippen molar-refractivity contribution >= 4 is 6.21 Å². The zero-order chi connectivity index (χ0) is 8.27. The smallest absolute Gasteiger partial charge is 0.235 e. The average molecular weight is 159 g/mol. The molecule has 0 spiro atoms. The molecule has 60 valence electrons. The van der Waals surface area contributed by atoms with E-state index in [-0.39, 0.29) is 0 Å². The van der Waals surface area contributed by atoms with Crippen molar-refractivity contribution < 1.29 is 5.03 Å². The Morgan fingerprint density at radius 2 is 2.55 bits per heavy atom. The van der Waals surface area contributed by atoms with E-state index < -0.39 is 11.2 Å². The summed E-state index contributed by atoms with van der Waals surface area (Å²) in [5.41, 5.74) is 1.83. The fourth-order valence-corrected chi connectivity index (χ4v) is 0.460. The molecule has 1 aliphatic rings. The van der Waals surface area contributed by atoms with Gasteiger partial charge in [0, 0.05) is 0 Å². The minimum Gasteiger partial charge on any atom is -0.235 e. The number of nitrogens with one attached hydrogen (secondary N) is 1. The van der Waals surface area contributed by atoms with Crippen LogP contribution in [0.3, 0.4) is 0 Å². The monoisotopic (exact) mass is 159 g/mol. The predicted molar refractivity (Wildman–Crippen MR) is 33.3 cm³/mol. The number of rotatable bonds is 2. The van der Waals surface area contributed by atoms with Gasteiger partial charge in [-0.15, -0.1) is 15.6 Å². The van der Waals surface area contributed by atoms with E-state index in [0.717, 1.165) is 6.21 Å². The van der Waals surface area contributed by atoms with Crippen molar-refractivity contribution in [3.05, 3.63) is 10.1 Å². The molecule has 1 unspecified atom stereocenters. The molecule has 0 aliphatic carbocycles. The third kappa shape index (κ3) is 2.14. The highest BCUT2D eigenvalue weighted by Crippen LogP contribution is 1.94. The lowest BCUT2D eigenvalue weighted by atomic mass is 10.6. The molecule has 1 atom stereocenters. The lowest BCUT2D eigenvalue weighted by molar-refractivity contribution is -0.547. The molecule has 1 heterocycles. The summed E-state index contributed by atoms with van der Waals surface area (Å²) < 4.78 is 0. The molecule has 0 bridgehead atoms. The first-order chi connectivity index (χ1) is 5.18. The van der Waals surface area contributed by atoms with E-state index in [0.29, 0.717) is 5.23 Å². The second kappa shape index (κ2) is 2.88. The fraction of sp³-hybridized carbons (Fsp3) is 0.500. The number of hydrogen-bond acceptors (Lipinski definition) is 7. The van der Waals surface area contributed by atoms with Gasteiger partial charge in [-0.05, 0) is 5.22 Å². The molecule has 9 heteroatoms. The highest BCUT2D eigenvalue weighted by Gasteiger charge is 2.12. The molecule has 0 saturated carbocycles. The van der Waals surface area contributed by atoms with Gasteiger partial charge < -0.3 is 0 Å². The summed E-state index contributed by atoms with van der Waals surface area (Å²) in [7, 11) is 0. The van der Waals surface area contributed by atoms with E-state index in [4.69, 9.17) is 5.84 Å². The van der Waals surface area contributed by atoms with E-state index in [1.807, 2.05) is 5.43 Å². The SMILES string of the molecule is NN1N=CC(N[N+](=O)[O-])N=N1. The van der Waals surface area contributed by atoms with Crippen molar-refractivity contribution in [3.8, 4) is 0 Å². The highest BCUT2D eigenvalue weighted by atomic mass is 16.7. The van der Waals surface area contributed by atoms with E-state index in [9.17, 15) is 10.1 Å². The van der Waals surface area contributed by atoms with Crippen LogP contribution in [0.4, 0.5) is 0 Å². The van der Waals surface area contributed by atoms with E-state index in [1.54, 1.807) is 0 Å². The molecular weight excluding hydrogens is 154 g/mol. The predicted octanol–water partition coefficient (Wildman–Crippen LogP) is -1.36. The summed E-state index contributed by atoms with van der Waals surface area (Å²) in [6.07, 6.45) is 0.320. The number of hydrazone groups is 1. The fourth-order valence-electron chi connectivity index (χ4n) is 0.460. The third-order valence-corrected chi connectivity index (χ3v) is 0.832. The van der Waals surface area contributed by atoms with Crippen LogP contribution in [-0.4, -0.2) is 22.6 Å². The van der Waals surface area contributed by atoms with Crippen LogP contribution in [0.2, 0.25) is 0 Å². The zero-order valence-corrected chi connectivity index (χ0v) is 5.28. The van der Waals surface area contributed by atoms with Gasteiger partial charge in [0.25, 0.3) is 0 Å². The first kappa shape index (κ1) is 7.34. The van der Waals surface area contributed by atoms with Crippen molar-refractivity contribution in [2.24, 2.45) is 21.3 Å². The molecule has 3 N–H and O–H groups in total. The van der Waals surface area contributed by atoms with Gasteiger partial charge in [0.15, 0.2) is 5.03 Å². The maximum absolute atomic E-state index is 9.84. The number of nitrogens with zero attached hydrogens (tertiary/aromatic N) is 5. The topological polar surface area (TPSA) is 122 Å². The minimum absolute atomic E-state index is 0.706. The summed E-state index contributed by atoms with van der Waals surface area (Å²) in [6.45, 7) is 0. The Bertz CT molecular complexity index is 196. The normalized spacial score (nSPS) is 21.9. The molecule has 0 aromatic carbocycles. The maximum Gasteiger partial charge on any atom is 0.235 e. The molecule has 0 aromatic heterocycles. The lowest BCUT2D eigenvalue weighted by Crippen LogP contribution is -2.37. The van der Waals surface area contributed by atoms with Gasteiger partial charge in [0.05, 0.1) is 6.21 Å². The van der Waals surface area contributed by atoms with Crippen LogP contribution >= 0.6 is 0 Å². The Kier molecular flexibility index (Phi) is 1.92. The molecule has 1 aliphatic heterocycles. The van der Waals surface area contributed by atoms with Gasteiger partial charge in [-0.2, -0.15) is 0 Å². The van der Waals surface area contributed by atoms with Crippen molar-refractivity contribution in [3.63, 3.8) is 0 Å². The second-order valence-electron chi connectivity index (χ2n) is 1.62. The summed E-state index contributed by atoms with van der Waals surface area (Å²) in [6, 6.07) is 0.